The average Bonchev–Trinajstić information content (AvgIpc) is 3.34. The summed E-state index contributed by atoms with van der Waals surface area (Å²) in [5.41, 5.74) is 1.02. The molecule has 2 saturated heterocycles. The van der Waals surface area contributed by atoms with E-state index in [0.717, 1.165) is 45.3 Å². The standard InChI is InChI=1S/C26H31FN4O4S2.ClH/c27-21-7-10-23-24(19-21)36-26(28-23)31(14-4-11-29-15-17-35-18-16-29)25(32)20-5-8-22(9-6-20)37(33,34)30-12-2-1-3-13-30;/h5-10,19H,1-4,11-18H2;1H. The highest BCUT2D eigenvalue weighted by molar-refractivity contribution is 7.89. The van der Waals surface area contributed by atoms with Crippen molar-refractivity contribution in [1.82, 2.24) is 14.2 Å². The number of carbonyl (C=O) groups excluding carboxylic acids is 1. The molecule has 0 N–H and O–H groups in total. The first-order valence-corrected chi connectivity index (χ1v) is 15.0. The van der Waals surface area contributed by atoms with E-state index in [1.807, 2.05) is 0 Å². The summed E-state index contributed by atoms with van der Waals surface area (Å²) in [7, 11) is -3.58. The molecule has 38 heavy (non-hydrogen) atoms. The summed E-state index contributed by atoms with van der Waals surface area (Å²) in [6.07, 6.45) is 3.50. The maximum absolute atomic E-state index is 13.8. The third-order valence-corrected chi connectivity index (χ3v) is 9.78. The minimum absolute atomic E-state index is 0. The van der Waals surface area contributed by atoms with Crippen LogP contribution in [0.3, 0.4) is 0 Å². The van der Waals surface area contributed by atoms with Gasteiger partial charge in [-0.2, -0.15) is 4.31 Å². The fourth-order valence-corrected chi connectivity index (χ4v) is 7.27. The molecule has 0 unspecified atom stereocenters. The Hall–Kier alpha value is -2.15. The number of hydrogen-bond donors (Lipinski definition) is 0. The van der Waals surface area contributed by atoms with Gasteiger partial charge in [-0.05, 0) is 61.7 Å². The lowest BCUT2D eigenvalue weighted by atomic mass is 10.2. The Morgan fingerprint density at radius 1 is 1.03 bits per heavy atom. The molecule has 5 rings (SSSR count). The van der Waals surface area contributed by atoms with Gasteiger partial charge in [-0.3, -0.25) is 14.6 Å². The zero-order valence-corrected chi connectivity index (χ0v) is 23.5. The van der Waals surface area contributed by atoms with Crippen LogP contribution in [0.5, 0.6) is 0 Å². The highest BCUT2D eigenvalue weighted by Crippen LogP contribution is 2.31. The molecule has 0 saturated carbocycles. The van der Waals surface area contributed by atoms with Crippen LogP contribution in [0, 0.1) is 5.82 Å². The first kappa shape index (κ1) is 28.8. The minimum Gasteiger partial charge on any atom is -0.379 e. The molecular formula is C26H32ClFN4O4S2. The van der Waals surface area contributed by atoms with Gasteiger partial charge in [-0.1, -0.05) is 17.8 Å². The predicted molar refractivity (Wildman–Crippen MR) is 149 cm³/mol. The van der Waals surface area contributed by atoms with Gasteiger partial charge in [0.2, 0.25) is 10.0 Å². The summed E-state index contributed by atoms with van der Waals surface area (Å²) in [6.45, 7) is 5.45. The molecule has 1 amide bonds. The van der Waals surface area contributed by atoms with Gasteiger partial charge in [0.25, 0.3) is 5.91 Å². The molecule has 8 nitrogen and oxygen atoms in total. The Bertz CT molecular complexity index is 1340. The van der Waals surface area contributed by atoms with Crippen molar-refractivity contribution >= 4 is 55.0 Å². The SMILES string of the molecule is Cl.O=C(c1ccc(S(=O)(=O)N2CCCCC2)cc1)N(CCCN1CCOCC1)c1nc2ccc(F)cc2s1. The fourth-order valence-electron chi connectivity index (χ4n) is 4.74. The number of fused-ring (bicyclic) bond motifs is 1. The number of ether oxygens (including phenoxy) is 1. The van der Waals surface area contributed by atoms with Crippen LogP contribution in [0.25, 0.3) is 10.2 Å². The van der Waals surface area contributed by atoms with Gasteiger partial charge >= 0.3 is 0 Å². The maximum atomic E-state index is 13.8. The van der Waals surface area contributed by atoms with Crippen molar-refractivity contribution in [2.75, 3.05) is 57.4 Å². The van der Waals surface area contributed by atoms with Crippen LogP contribution in [-0.4, -0.2) is 81.0 Å². The van der Waals surface area contributed by atoms with Gasteiger partial charge in [-0.15, -0.1) is 12.4 Å². The van der Waals surface area contributed by atoms with Gasteiger partial charge in [0, 0.05) is 44.8 Å². The number of thiazole rings is 1. The first-order valence-electron chi connectivity index (χ1n) is 12.7. The molecule has 0 aliphatic carbocycles. The Kier molecular flexibility index (Phi) is 9.72. The summed E-state index contributed by atoms with van der Waals surface area (Å²) in [5.74, 6) is -0.609. The van der Waals surface area contributed by atoms with Crippen LogP contribution in [0.15, 0.2) is 47.4 Å². The number of sulfonamides is 1. The second-order valence-corrected chi connectivity index (χ2v) is 12.3. The Balaban J connectivity index is 0.00000336. The topological polar surface area (TPSA) is 83.1 Å². The molecule has 2 aliphatic rings. The zero-order chi connectivity index (χ0) is 25.8. The molecule has 0 radical (unpaired) electrons. The minimum atomic E-state index is -3.58. The lowest BCUT2D eigenvalue weighted by Crippen LogP contribution is -2.39. The van der Waals surface area contributed by atoms with Crippen LogP contribution >= 0.6 is 23.7 Å². The van der Waals surface area contributed by atoms with Gasteiger partial charge in [0.15, 0.2) is 5.13 Å². The summed E-state index contributed by atoms with van der Waals surface area (Å²) in [4.78, 5) is 22.4. The second kappa shape index (κ2) is 12.8. The highest BCUT2D eigenvalue weighted by Gasteiger charge is 2.27. The fraction of sp³-hybridized carbons (Fsp3) is 0.462. The van der Waals surface area contributed by atoms with E-state index in [1.54, 1.807) is 23.1 Å². The van der Waals surface area contributed by atoms with Crippen LogP contribution in [0.1, 0.15) is 36.0 Å². The van der Waals surface area contributed by atoms with Gasteiger partial charge < -0.3 is 4.74 Å². The maximum Gasteiger partial charge on any atom is 0.260 e. The Morgan fingerprint density at radius 3 is 2.45 bits per heavy atom. The highest BCUT2D eigenvalue weighted by atomic mass is 35.5. The number of anilines is 1. The normalized spacial score (nSPS) is 17.3. The van der Waals surface area contributed by atoms with Crippen molar-refractivity contribution in [2.24, 2.45) is 0 Å². The summed E-state index contributed by atoms with van der Waals surface area (Å²) < 4.78 is 47.4. The quantitative estimate of drug-likeness (QED) is 0.391. The van der Waals surface area contributed by atoms with E-state index in [2.05, 4.69) is 9.88 Å². The third-order valence-electron chi connectivity index (χ3n) is 6.83. The van der Waals surface area contributed by atoms with Crippen LogP contribution in [-0.2, 0) is 14.8 Å². The van der Waals surface area contributed by atoms with E-state index in [-0.39, 0.29) is 29.0 Å². The van der Waals surface area contributed by atoms with Crippen molar-refractivity contribution in [3.8, 4) is 0 Å². The zero-order valence-electron chi connectivity index (χ0n) is 21.1. The number of carbonyl (C=O) groups is 1. The van der Waals surface area contributed by atoms with E-state index in [1.165, 1.54) is 39.9 Å². The number of hydrogen-bond acceptors (Lipinski definition) is 7. The molecule has 1 aromatic heterocycles. The van der Waals surface area contributed by atoms with E-state index >= 15 is 0 Å². The van der Waals surface area contributed by atoms with E-state index < -0.39 is 10.0 Å². The lowest BCUT2D eigenvalue weighted by Gasteiger charge is -2.28. The number of piperidine rings is 1. The van der Waals surface area contributed by atoms with Crippen LogP contribution in [0.2, 0.25) is 0 Å². The Labute approximate surface area is 232 Å². The van der Waals surface area contributed by atoms with Crippen molar-refractivity contribution in [3.05, 3.63) is 53.8 Å². The molecule has 0 spiro atoms. The number of amides is 1. The molecule has 2 aliphatic heterocycles. The molecule has 2 aromatic carbocycles. The van der Waals surface area contributed by atoms with Crippen LogP contribution < -0.4 is 4.90 Å². The second-order valence-electron chi connectivity index (χ2n) is 9.36. The largest absolute Gasteiger partial charge is 0.379 e. The van der Waals surface area contributed by atoms with Gasteiger partial charge in [-0.25, -0.2) is 17.8 Å². The molecule has 206 valence electrons. The van der Waals surface area contributed by atoms with E-state index in [0.29, 0.717) is 53.8 Å². The molecule has 2 fully saturated rings. The number of rotatable bonds is 8. The predicted octanol–water partition coefficient (Wildman–Crippen LogP) is 4.40. The van der Waals surface area contributed by atoms with Gasteiger partial charge in [0.05, 0.1) is 28.3 Å². The lowest BCUT2D eigenvalue weighted by molar-refractivity contribution is 0.0376. The summed E-state index contributed by atoms with van der Waals surface area (Å²) in [5, 5.41) is 0.498. The number of aromatic nitrogens is 1. The number of morpholine rings is 1. The number of nitrogens with zero attached hydrogens (tertiary/aromatic N) is 4. The summed E-state index contributed by atoms with van der Waals surface area (Å²) >= 11 is 1.27. The number of halogens is 2. The molecule has 0 bridgehead atoms. The molecule has 3 aromatic rings. The smallest absolute Gasteiger partial charge is 0.260 e. The molecule has 0 atom stereocenters. The van der Waals surface area contributed by atoms with E-state index in [9.17, 15) is 17.6 Å². The molecule has 3 heterocycles. The Morgan fingerprint density at radius 2 is 1.74 bits per heavy atom. The van der Waals surface area contributed by atoms with Crippen molar-refractivity contribution in [2.45, 2.75) is 30.6 Å². The summed E-state index contributed by atoms with van der Waals surface area (Å²) in [6, 6.07) is 10.6. The van der Waals surface area contributed by atoms with Crippen LogP contribution in [0.4, 0.5) is 9.52 Å². The molecular weight excluding hydrogens is 551 g/mol. The number of benzene rings is 2. The average molecular weight is 583 g/mol. The monoisotopic (exact) mass is 582 g/mol. The third kappa shape index (κ3) is 6.52. The van der Waals surface area contributed by atoms with Crippen molar-refractivity contribution in [3.63, 3.8) is 0 Å². The first-order chi connectivity index (χ1) is 17.9. The van der Waals surface area contributed by atoms with E-state index in [4.69, 9.17) is 4.74 Å². The van der Waals surface area contributed by atoms with Gasteiger partial charge in [0.1, 0.15) is 5.82 Å². The van der Waals surface area contributed by atoms with Crippen molar-refractivity contribution in [1.29, 1.82) is 0 Å². The van der Waals surface area contributed by atoms with Crippen molar-refractivity contribution < 1.29 is 22.3 Å². The molecule has 12 heteroatoms.